The number of hydrogen-bond acceptors (Lipinski definition) is 7. The Morgan fingerprint density at radius 3 is 2.37 bits per heavy atom. The van der Waals surface area contributed by atoms with E-state index >= 15 is 0 Å². The lowest BCUT2D eigenvalue weighted by Gasteiger charge is -2.22. The zero-order valence-corrected chi connectivity index (χ0v) is 20.9. The highest BCUT2D eigenvalue weighted by atomic mass is 127. The van der Waals surface area contributed by atoms with Crippen molar-refractivity contribution in [1.29, 1.82) is 0 Å². The first-order chi connectivity index (χ1) is 14.0. The fourth-order valence-corrected chi connectivity index (χ4v) is 3.00. The molecule has 0 aliphatic rings. The summed E-state index contributed by atoms with van der Waals surface area (Å²) < 4.78 is 15.7. The van der Waals surface area contributed by atoms with Gasteiger partial charge in [0, 0.05) is 11.9 Å². The summed E-state index contributed by atoms with van der Waals surface area (Å²) in [6.45, 7) is 9.88. The molecule has 0 saturated carbocycles. The van der Waals surface area contributed by atoms with Gasteiger partial charge >= 0.3 is 19.2 Å². The average molecular weight is 557 g/mol. The summed E-state index contributed by atoms with van der Waals surface area (Å²) in [4.78, 5) is 23.3. The van der Waals surface area contributed by atoms with E-state index in [1.807, 2.05) is 13.8 Å². The Kier molecular flexibility index (Phi) is 14.2. The van der Waals surface area contributed by atoms with Crippen molar-refractivity contribution in [3.05, 3.63) is 23.8 Å². The van der Waals surface area contributed by atoms with E-state index in [-0.39, 0.29) is 24.2 Å². The van der Waals surface area contributed by atoms with E-state index in [9.17, 15) is 24.7 Å². The van der Waals surface area contributed by atoms with Crippen LogP contribution in [0.5, 0.6) is 5.75 Å². The topological polar surface area (TPSA) is 135 Å². The molecule has 0 bridgehead atoms. The number of rotatable bonds is 10. The van der Waals surface area contributed by atoms with Crippen LogP contribution in [-0.2, 0) is 20.5 Å². The average Bonchev–Trinajstić information content (AvgIpc) is 2.65. The molecule has 1 aromatic carbocycles. The molecule has 2 atom stereocenters. The van der Waals surface area contributed by atoms with Crippen LogP contribution in [0.25, 0.3) is 0 Å². The summed E-state index contributed by atoms with van der Waals surface area (Å²) >= 11 is 2.08. The molecule has 1 aromatic rings. The minimum absolute atomic E-state index is 0.0758. The second-order valence-electron chi connectivity index (χ2n) is 6.76. The number of ether oxygens (including phenoxy) is 2. The van der Waals surface area contributed by atoms with E-state index < -0.39 is 30.8 Å². The predicted molar refractivity (Wildman–Crippen MR) is 126 cm³/mol. The van der Waals surface area contributed by atoms with Crippen molar-refractivity contribution in [2.45, 2.75) is 52.7 Å². The lowest BCUT2D eigenvalue weighted by Crippen LogP contribution is -2.44. The maximum absolute atomic E-state index is 11.9. The standard InChI is InChI=1S/C16H24BINO8P.C2H6/c1-16(2,3)27-15(22)19-12(14(20)21)9-10-4-5-13(11(8-10)17(23)24)25-6-7-26-28-18;1-2/h4-5,8,12,23-24,28H,6-7,9H2,1-3H3,(H,19,22)(H,20,21);1-2H3. The van der Waals surface area contributed by atoms with Gasteiger partial charge in [0.25, 0.3) is 0 Å². The molecule has 0 saturated heterocycles. The van der Waals surface area contributed by atoms with Gasteiger partial charge in [-0.3, -0.25) is 0 Å². The van der Waals surface area contributed by atoms with E-state index in [4.69, 9.17) is 14.0 Å². The van der Waals surface area contributed by atoms with Crippen LogP contribution in [-0.4, -0.2) is 59.2 Å². The summed E-state index contributed by atoms with van der Waals surface area (Å²) in [7, 11) is -1.80. The maximum Gasteiger partial charge on any atom is 0.492 e. The Balaban J connectivity index is 0.00000407. The van der Waals surface area contributed by atoms with Gasteiger partial charge in [0.15, 0.2) is 0 Å². The van der Waals surface area contributed by atoms with Crippen LogP contribution in [0.2, 0.25) is 0 Å². The lowest BCUT2D eigenvalue weighted by molar-refractivity contribution is -0.139. The fourth-order valence-electron chi connectivity index (χ4n) is 2.18. The molecule has 0 radical (unpaired) electrons. The van der Waals surface area contributed by atoms with E-state index in [2.05, 4.69) is 27.4 Å². The summed E-state index contributed by atoms with van der Waals surface area (Å²) in [5.74, 6) is -0.986. The Morgan fingerprint density at radius 2 is 1.87 bits per heavy atom. The number of aliphatic carboxylic acids is 1. The summed E-state index contributed by atoms with van der Waals surface area (Å²) in [5.41, 5.74) is -0.193. The fraction of sp³-hybridized carbons (Fsp3) is 0.556. The number of halogens is 1. The Bertz CT molecular complexity index is 672. The van der Waals surface area contributed by atoms with Gasteiger partial charge in [0.05, 0.1) is 13.1 Å². The first-order valence-electron chi connectivity index (χ1n) is 9.35. The monoisotopic (exact) mass is 557 g/mol. The van der Waals surface area contributed by atoms with Crippen LogP contribution in [0, 0.1) is 0 Å². The molecule has 0 spiro atoms. The van der Waals surface area contributed by atoms with Gasteiger partial charge in [-0.2, -0.15) is 0 Å². The zero-order chi connectivity index (χ0) is 23.3. The third-order valence-corrected chi connectivity index (χ3v) is 4.53. The van der Waals surface area contributed by atoms with Gasteiger partial charge in [-0.25, -0.2) is 9.59 Å². The Hall–Kier alpha value is -1.14. The number of nitrogens with one attached hydrogen (secondary N) is 1. The van der Waals surface area contributed by atoms with Crippen molar-refractivity contribution >= 4 is 53.1 Å². The van der Waals surface area contributed by atoms with Gasteiger partial charge in [0.2, 0.25) is 0 Å². The first kappa shape index (κ1) is 28.9. The van der Waals surface area contributed by atoms with Crippen molar-refractivity contribution in [2.75, 3.05) is 13.2 Å². The summed E-state index contributed by atoms with van der Waals surface area (Å²) in [6.07, 6.45) is -0.925. The number of alkyl carbamates (subject to hydrolysis) is 1. The number of carboxylic acids is 1. The summed E-state index contributed by atoms with van der Waals surface area (Å²) in [5, 5.41) is 30.8. The molecule has 0 aliphatic heterocycles. The summed E-state index contributed by atoms with van der Waals surface area (Å²) in [6, 6.07) is 3.29. The van der Waals surface area contributed by atoms with Crippen molar-refractivity contribution < 1.29 is 38.7 Å². The Morgan fingerprint density at radius 1 is 1.23 bits per heavy atom. The second kappa shape index (κ2) is 14.8. The molecule has 12 heteroatoms. The van der Waals surface area contributed by atoms with Crippen molar-refractivity contribution in [1.82, 2.24) is 5.32 Å². The van der Waals surface area contributed by atoms with Crippen LogP contribution < -0.4 is 15.5 Å². The van der Waals surface area contributed by atoms with Gasteiger partial charge in [-0.05, 0) is 54.4 Å². The predicted octanol–water partition coefficient (Wildman–Crippen LogP) is 2.25. The molecule has 0 aliphatic carbocycles. The zero-order valence-electron chi connectivity index (χ0n) is 17.8. The molecular weight excluding hydrogens is 527 g/mol. The third-order valence-electron chi connectivity index (χ3n) is 3.28. The molecule has 0 fully saturated rings. The van der Waals surface area contributed by atoms with Gasteiger partial charge in [0.1, 0.15) is 24.0 Å². The number of amides is 1. The normalized spacial score (nSPS) is 12.0. The van der Waals surface area contributed by atoms with E-state index in [0.717, 1.165) is 0 Å². The SMILES string of the molecule is CC.CC(C)(C)OC(=O)NC(Cc1ccc(OCCOPI)c(B(O)O)c1)C(=O)O. The molecule has 1 rings (SSSR count). The van der Waals surface area contributed by atoms with Crippen LogP contribution >= 0.6 is 28.5 Å². The number of hydrogen-bond donors (Lipinski definition) is 4. The van der Waals surface area contributed by atoms with Crippen LogP contribution in [0.4, 0.5) is 4.79 Å². The smallest absolute Gasteiger partial charge is 0.492 e. The molecule has 1 amide bonds. The highest BCUT2D eigenvalue weighted by Gasteiger charge is 2.25. The van der Waals surface area contributed by atoms with Gasteiger partial charge < -0.3 is 34.5 Å². The molecule has 0 aromatic heterocycles. The quantitative estimate of drug-likeness (QED) is 0.149. The Labute approximate surface area is 192 Å². The van der Waals surface area contributed by atoms with Crippen molar-refractivity contribution in [3.63, 3.8) is 0 Å². The molecule has 0 heterocycles. The molecule has 30 heavy (non-hydrogen) atoms. The highest BCUT2D eigenvalue weighted by Crippen LogP contribution is 2.21. The molecule has 4 N–H and O–H groups in total. The van der Waals surface area contributed by atoms with Crippen LogP contribution in [0.3, 0.4) is 0 Å². The molecular formula is C18H30BINO8P. The number of benzene rings is 1. The molecule has 2 unspecified atom stereocenters. The van der Waals surface area contributed by atoms with Gasteiger partial charge in [-0.1, -0.05) is 26.0 Å². The maximum atomic E-state index is 11.9. The molecule has 170 valence electrons. The van der Waals surface area contributed by atoms with Gasteiger partial charge in [-0.15, -0.1) is 0 Å². The number of carboxylic acid groups (broad SMARTS) is 1. The second-order valence-corrected chi connectivity index (χ2v) is 8.53. The van der Waals surface area contributed by atoms with Crippen molar-refractivity contribution in [3.8, 4) is 5.75 Å². The van der Waals surface area contributed by atoms with Crippen LogP contribution in [0.15, 0.2) is 18.2 Å². The third kappa shape index (κ3) is 11.9. The molecule has 9 nitrogen and oxygen atoms in total. The number of carbonyl (C=O) groups is 2. The minimum atomic E-state index is -1.80. The first-order valence-corrected chi connectivity index (χ1v) is 13.4. The minimum Gasteiger partial charge on any atom is -0.492 e. The van der Waals surface area contributed by atoms with E-state index in [0.29, 0.717) is 18.6 Å². The largest absolute Gasteiger partial charge is 0.492 e. The van der Waals surface area contributed by atoms with E-state index in [1.165, 1.54) is 12.1 Å². The van der Waals surface area contributed by atoms with E-state index in [1.54, 1.807) is 26.8 Å². The van der Waals surface area contributed by atoms with Crippen molar-refractivity contribution in [2.24, 2.45) is 0 Å². The lowest BCUT2D eigenvalue weighted by atomic mass is 9.78. The number of carbonyl (C=O) groups excluding carboxylic acids is 1. The highest BCUT2D eigenvalue weighted by molar-refractivity contribution is 14.2. The van der Waals surface area contributed by atoms with Crippen LogP contribution in [0.1, 0.15) is 40.2 Å².